The highest BCUT2D eigenvalue weighted by atomic mass is 19.1. The molecule has 1 N–H and O–H groups in total. The SMILES string of the molecule is CC(=O)N1CCCC(c2nc(Nc3cccc(F)c3)cc(-c3ccc(N4CCOCC4)nc3)n2)C1. The van der Waals surface area contributed by atoms with Gasteiger partial charge in [0.15, 0.2) is 0 Å². The summed E-state index contributed by atoms with van der Waals surface area (Å²) in [5.41, 5.74) is 2.21. The van der Waals surface area contributed by atoms with E-state index in [-0.39, 0.29) is 17.6 Å². The Labute approximate surface area is 204 Å². The number of halogens is 1. The molecule has 2 fully saturated rings. The molecule has 9 heteroatoms. The Kier molecular flexibility index (Phi) is 6.85. The Balaban J connectivity index is 1.47. The summed E-state index contributed by atoms with van der Waals surface area (Å²) in [4.78, 5) is 30.4. The first-order chi connectivity index (χ1) is 17.0. The lowest BCUT2D eigenvalue weighted by molar-refractivity contribution is -0.130. The maximum atomic E-state index is 13.8. The molecule has 8 nitrogen and oxygen atoms in total. The van der Waals surface area contributed by atoms with Gasteiger partial charge in [-0.25, -0.2) is 19.3 Å². The van der Waals surface area contributed by atoms with Crippen molar-refractivity contribution >= 4 is 23.2 Å². The fourth-order valence-electron chi connectivity index (χ4n) is 4.57. The van der Waals surface area contributed by atoms with E-state index in [0.717, 1.165) is 49.6 Å². The van der Waals surface area contributed by atoms with E-state index in [2.05, 4.69) is 15.2 Å². The van der Waals surface area contributed by atoms with Gasteiger partial charge in [-0.1, -0.05) is 6.07 Å². The smallest absolute Gasteiger partial charge is 0.219 e. The normalized spacial score (nSPS) is 18.4. The van der Waals surface area contributed by atoms with Crippen LogP contribution in [0.2, 0.25) is 0 Å². The molecule has 182 valence electrons. The lowest BCUT2D eigenvalue weighted by atomic mass is 9.97. The highest BCUT2D eigenvalue weighted by Crippen LogP contribution is 2.30. The number of pyridine rings is 1. The molecule has 0 saturated carbocycles. The van der Waals surface area contributed by atoms with Crippen LogP contribution >= 0.6 is 0 Å². The number of rotatable bonds is 5. The molecule has 3 aromatic rings. The van der Waals surface area contributed by atoms with E-state index in [9.17, 15) is 9.18 Å². The predicted octanol–water partition coefficient (Wildman–Crippen LogP) is 3.98. The molecule has 2 saturated heterocycles. The topological polar surface area (TPSA) is 83.5 Å². The Morgan fingerprint density at radius 3 is 2.71 bits per heavy atom. The number of likely N-dealkylation sites (tertiary alicyclic amines) is 1. The minimum absolute atomic E-state index is 0.0289. The molecule has 0 bridgehead atoms. The number of nitrogens with zero attached hydrogens (tertiary/aromatic N) is 5. The Bertz CT molecular complexity index is 1180. The lowest BCUT2D eigenvalue weighted by Crippen LogP contribution is -2.38. The number of morpholine rings is 1. The number of anilines is 3. The number of carbonyl (C=O) groups excluding carboxylic acids is 1. The molecule has 2 aliphatic heterocycles. The monoisotopic (exact) mass is 476 g/mol. The molecule has 1 amide bonds. The van der Waals surface area contributed by atoms with Crippen LogP contribution in [0.25, 0.3) is 11.3 Å². The van der Waals surface area contributed by atoms with E-state index < -0.39 is 0 Å². The Morgan fingerprint density at radius 1 is 1.11 bits per heavy atom. The van der Waals surface area contributed by atoms with Crippen LogP contribution in [-0.4, -0.2) is 65.2 Å². The summed E-state index contributed by atoms with van der Waals surface area (Å²) in [6, 6.07) is 12.1. The maximum Gasteiger partial charge on any atom is 0.219 e. The lowest BCUT2D eigenvalue weighted by Gasteiger charge is -2.31. The molecule has 2 aromatic heterocycles. The molecule has 2 aliphatic rings. The number of benzene rings is 1. The van der Waals surface area contributed by atoms with E-state index in [0.29, 0.717) is 37.1 Å². The van der Waals surface area contributed by atoms with Gasteiger partial charge in [-0.3, -0.25) is 4.79 Å². The summed E-state index contributed by atoms with van der Waals surface area (Å²) in [7, 11) is 0. The minimum atomic E-state index is -0.322. The molecule has 0 spiro atoms. The van der Waals surface area contributed by atoms with Crippen LogP contribution in [-0.2, 0) is 9.53 Å². The van der Waals surface area contributed by atoms with Crippen LogP contribution in [0, 0.1) is 5.82 Å². The zero-order valence-electron chi connectivity index (χ0n) is 19.8. The zero-order chi connectivity index (χ0) is 24.2. The molecule has 1 unspecified atom stereocenters. The summed E-state index contributed by atoms with van der Waals surface area (Å²) in [6.45, 7) is 5.98. The van der Waals surface area contributed by atoms with Crippen molar-refractivity contribution in [3.05, 3.63) is 60.3 Å². The third kappa shape index (κ3) is 5.57. The summed E-state index contributed by atoms with van der Waals surface area (Å²) in [5, 5.41) is 3.22. The zero-order valence-corrected chi connectivity index (χ0v) is 19.8. The second-order valence-corrected chi connectivity index (χ2v) is 8.94. The van der Waals surface area contributed by atoms with Gasteiger partial charge in [0.05, 0.1) is 18.9 Å². The molecule has 5 rings (SSSR count). The van der Waals surface area contributed by atoms with Gasteiger partial charge in [-0.2, -0.15) is 0 Å². The van der Waals surface area contributed by atoms with E-state index >= 15 is 0 Å². The fourth-order valence-corrected chi connectivity index (χ4v) is 4.57. The standard InChI is InChI=1S/C26H29FN6O2/c1-18(34)33-9-3-4-20(17-33)26-30-23(15-24(31-26)29-22-6-2-5-21(27)14-22)19-7-8-25(28-16-19)32-10-12-35-13-11-32/h2,5-8,14-16,20H,3-4,9-13,17H2,1H3,(H,29,30,31). The molecule has 1 atom stereocenters. The maximum absolute atomic E-state index is 13.8. The van der Waals surface area contributed by atoms with Gasteiger partial charge in [0.1, 0.15) is 23.3 Å². The van der Waals surface area contributed by atoms with Gasteiger partial charge >= 0.3 is 0 Å². The number of hydrogen-bond acceptors (Lipinski definition) is 7. The van der Waals surface area contributed by atoms with Crippen molar-refractivity contribution < 1.29 is 13.9 Å². The number of carbonyl (C=O) groups is 1. The van der Waals surface area contributed by atoms with Crippen molar-refractivity contribution in [2.45, 2.75) is 25.7 Å². The van der Waals surface area contributed by atoms with Gasteiger partial charge in [0.2, 0.25) is 5.91 Å². The van der Waals surface area contributed by atoms with E-state index in [1.807, 2.05) is 29.3 Å². The van der Waals surface area contributed by atoms with E-state index in [1.54, 1.807) is 19.1 Å². The van der Waals surface area contributed by atoms with Crippen LogP contribution < -0.4 is 10.2 Å². The molecule has 0 aliphatic carbocycles. The van der Waals surface area contributed by atoms with Crippen LogP contribution in [0.4, 0.5) is 21.7 Å². The number of nitrogens with one attached hydrogen (secondary N) is 1. The summed E-state index contributed by atoms with van der Waals surface area (Å²) in [5.74, 6) is 1.93. The highest BCUT2D eigenvalue weighted by Gasteiger charge is 2.26. The average Bonchev–Trinajstić information content (AvgIpc) is 2.89. The molecule has 0 radical (unpaired) electrons. The Hall–Kier alpha value is -3.59. The minimum Gasteiger partial charge on any atom is -0.378 e. The summed E-state index contributed by atoms with van der Waals surface area (Å²) < 4.78 is 19.2. The summed E-state index contributed by atoms with van der Waals surface area (Å²) >= 11 is 0. The van der Waals surface area contributed by atoms with Crippen LogP contribution in [0.5, 0.6) is 0 Å². The predicted molar refractivity (Wildman–Crippen MR) is 132 cm³/mol. The second-order valence-electron chi connectivity index (χ2n) is 8.94. The largest absolute Gasteiger partial charge is 0.378 e. The quantitative estimate of drug-likeness (QED) is 0.596. The fraction of sp³-hybridized carbons (Fsp3) is 0.385. The van der Waals surface area contributed by atoms with Crippen molar-refractivity contribution in [2.75, 3.05) is 49.6 Å². The first-order valence-corrected chi connectivity index (χ1v) is 12.0. The first kappa shape index (κ1) is 23.2. The molecule has 35 heavy (non-hydrogen) atoms. The van der Waals surface area contributed by atoms with Crippen LogP contribution in [0.3, 0.4) is 0 Å². The van der Waals surface area contributed by atoms with Crippen molar-refractivity contribution in [2.24, 2.45) is 0 Å². The van der Waals surface area contributed by atoms with Crippen molar-refractivity contribution in [1.82, 2.24) is 19.9 Å². The highest BCUT2D eigenvalue weighted by molar-refractivity contribution is 5.73. The van der Waals surface area contributed by atoms with Gasteiger partial charge in [0.25, 0.3) is 0 Å². The number of ether oxygens (including phenoxy) is 1. The van der Waals surface area contributed by atoms with E-state index in [4.69, 9.17) is 14.7 Å². The van der Waals surface area contributed by atoms with Gasteiger partial charge in [0, 0.05) is 62.5 Å². The third-order valence-electron chi connectivity index (χ3n) is 6.45. The second kappa shape index (κ2) is 10.4. The van der Waals surface area contributed by atoms with Crippen molar-refractivity contribution in [1.29, 1.82) is 0 Å². The van der Waals surface area contributed by atoms with E-state index in [1.165, 1.54) is 12.1 Å². The van der Waals surface area contributed by atoms with Gasteiger partial charge < -0.3 is 19.9 Å². The molecule has 1 aromatic carbocycles. The van der Waals surface area contributed by atoms with Crippen molar-refractivity contribution in [3.63, 3.8) is 0 Å². The number of amides is 1. The third-order valence-corrected chi connectivity index (χ3v) is 6.45. The summed E-state index contributed by atoms with van der Waals surface area (Å²) in [6.07, 6.45) is 3.63. The Morgan fingerprint density at radius 2 is 1.97 bits per heavy atom. The van der Waals surface area contributed by atoms with Gasteiger partial charge in [-0.15, -0.1) is 0 Å². The number of hydrogen-bond donors (Lipinski definition) is 1. The van der Waals surface area contributed by atoms with Crippen LogP contribution in [0.1, 0.15) is 31.5 Å². The first-order valence-electron chi connectivity index (χ1n) is 12.0. The molecular formula is C26H29FN6O2. The molecule has 4 heterocycles. The van der Waals surface area contributed by atoms with Crippen molar-refractivity contribution in [3.8, 4) is 11.3 Å². The number of piperidine rings is 1. The van der Waals surface area contributed by atoms with Gasteiger partial charge in [-0.05, 0) is 43.2 Å². The molecular weight excluding hydrogens is 447 g/mol. The van der Waals surface area contributed by atoms with Crippen LogP contribution in [0.15, 0.2) is 48.7 Å². The number of aromatic nitrogens is 3. The average molecular weight is 477 g/mol.